The SMILES string of the molecule is CN(Cc1nc2ccsc2c(=O)[nH]1)C(=O)c1ccc2ccccn12. The highest BCUT2D eigenvalue weighted by molar-refractivity contribution is 7.17. The largest absolute Gasteiger partial charge is 0.333 e. The van der Waals surface area contributed by atoms with E-state index in [9.17, 15) is 9.59 Å². The van der Waals surface area contributed by atoms with Crippen LogP contribution in [0.4, 0.5) is 0 Å². The van der Waals surface area contributed by atoms with Gasteiger partial charge >= 0.3 is 0 Å². The van der Waals surface area contributed by atoms with Gasteiger partial charge in [-0.15, -0.1) is 11.3 Å². The third-order valence-corrected chi connectivity index (χ3v) is 4.78. The molecule has 4 heterocycles. The number of carbonyl (C=O) groups is 1. The number of fused-ring (bicyclic) bond motifs is 2. The third-order valence-electron chi connectivity index (χ3n) is 3.88. The lowest BCUT2D eigenvalue weighted by atomic mass is 10.3. The summed E-state index contributed by atoms with van der Waals surface area (Å²) in [4.78, 5) is 33.4. The number of thiophene rings is 1. The first kappa shape index (κ1) is 14.6. The molecule has 120 valence electrons. The first-order chi connectivity index (χ1) is 11.6. The molecule has 0 saturated heterocycles. The molecule has 0 spiro atoms. The van der Waals surface area contributed by atoms with Crippen molar-refractivity contribution in [2.75, 3.05) is 7.05 Å². The Bertz CT molecular complexity index is 1110. The molecule has 0 aromatic carbocycles. The quantitative estimate of drug-likeness (QED) is 0.624. The molecule has 4 aromatic rings. The smallest absolute Gasteiger partial charge is 0.270 e. The lowest BCUT2D eigenvalue weighted by Gasteiger charge is -2.16. The summed E-state index contributed by atoms with van der Waals surface area (Å²) in [6.07, 6.45) is 1.86. The van der Waals surface area contributed by atoms with Crippen molar-refractivity contribution in [1.82, 2.24) is 19.3 Å². The zero-order chi connectivity index (χ0) is 16.7. The first-order valence-corrected chi connectivity index (χ1v) is 8.29. The van der Waals surface area contributed by atoms with E-state index in [0.29, 0.717) is 21.7 Å². The number of amides is 1. The molecule has 24 heavy (non-hydrogen) atoms. The van der Waals surface area contributed by atoms with Crippen molar-refractivity contribution < 1.29 is 4.79 Å². The Morgan fingerprint density at radius 3 is 3.04 bits per heavy atom. The number of hydrogen-bond donors (Lipinski definition) is 1. The molecular formula is C17H14N4O2S. The summed E-state index contributed by atoms with van der Waals surface area (Å²) in [5, 5.41) is 1.83. The normalized spacial score (nSPS) is 11.2. The number of hydrogen-bond acceptors (Lipinski definition) is 4. The standard InChI is InChI=1S/C17H14N4O2S/c1-20(10-14-18-12-7-9-24-15(12)16(22)19-14)17(23)13-6-5-11-4-2-3-8-21(11)13/h2-9H,10H2,1H3,(H,18,19,22). The van der Waals surface area contributed by atoms with Crippen LogP contribution in [0.3, 0.4) is 0 Å². The lowest BCUT2D eigenvalue weighted by molar-refractivity contribution is 0.0775. The van der Waals surface area contributed by atoms with Crippen molar-refractivity contribution in [1.29, 1.82) is 0 Å². The molecule has 0 fully saturated rings. The van der Waals surface area contributed by atoms with Crippen LogP contribution in [0.25, 0.3) is 15.7 Å². The summed E-state index contributed by atoms with van der Waals surface area (Å²) in [6.45, 7) is 0.236. The van der Waals surface area contributed by atoms with Gasteiger partial charge in [0, 0.05) is 18.8 Å². The fourth-order valence-electron chi connectivity index (χ4n) is 2.72. The summed E-state index contributed by atoms with van der Waals surface area (Å²) in [5.41, 5.74) is 2.03. The van der Waals surface area contributed by atoms with Crippen LogP contribution < -0.4 is 5.56 Å². The number of nitrogens with zero attached hydrogens (tertiary/aromatic N) is 3. The maximum absolute atomic E-state index is 12.7. The highest BCUT2D eigenvalue weighted by Gasteiger charge is 2.17. The number of pyridine rings is 1. The fraction of sp³-hybridized carbons (Fsp3) is 0.118. The average molecular weight is 338 g/mol. The first-order valence-electron chi connectivity index (χ1n) is 7.41. The number of carbonyl (C=O) groups excluding carboxylic acids is 1. The second-order valence-electron chi connectivity index (χ2n) is 5.52. The van der Waals surface area contributed by atoms with Crippen molar-refractivity contribution in [2.24, 2.45) is 0 Å². The maximum atomic E-state index is 12.7. The van der Waals surface area contributed by atoms with Gasteiger partial charge < -0.3 is 14.3 Å². The van der Waals surface area contributed by atoms with Gasteiger partial charge in [-0.3, -0.25) is 9.59 Å². The molecule has 0 radical (unpaired) electrons. The molecule has 0 aliphatic rings. The second kappa shape index (κ2) is 5.61. The molecule has 1 N–H and O–H groups in total. The van der Waals surface area contributed by atoms with Gasteiger partial charge in [-0.05, 0) is 35.7 Å². The molecule has 4 rings (SSSR count). The second-order valence-corrected chi connectivity index (χ2v) is 6.44. The zero-order valence-corrected chi connectivity index (χ0v) is 13.7. The van der Waals surface area contributed by atoms with Gasteiger partial charge in [0.15, 0.2) is 0 Å². The molecular weight excluding hydrogens is 324 g/mol. The molecule has 0 unspecified atom stereocenters. The van der Waals surface area contributed by atoms with E-state index in [4.69, 9.17) is 0 Å². The summed E-state index contributed by atoms with van der Waals surface area (Å²) in [7, 11) is 1.70. The fourth-order valence-corrected chi connectivity index (χ4v) is 3.44. The number of aromatic amines is 1. The van der Waals surface area contributed by atoms with Gasteiger partial charge in [-0.25, -0.2) is 4.98 Å². The van der Waals surface area contributed by atoms with Gasteiger partial charge in [0.2, 0.25) is 0 Å². The van der Waals surface area contributed by atoms with Gasteiger partial charge in [0.05, 0.1) is 12.1 Å². The molecule has 6 nitrogen and oxygen atoms in total. The van der Waals surface area contributed by atoms with E-state index in [-0.39, 0.29) is 18.0 Å². The van der Waals surface area contributed by atoms with E-state index < -0.39 is 0 Å². The van der Waals surface area contributed by atoms with Gasteiger partial charge in [-0.1, -0.05) is 6.07 Å². The van der Waals surface area contributed by atoms with Crippen LogP contribution >= 0.6 is 11.3 Å². The van der Waals surface area contributed by atoms with Crippen molar-refractivity contribution in [3.05, 3.63) is 69.8 Å². The Kier molecular flexibility index (Phi) is 3.42. The van der Waals surface area contributed by atoms with E-state index >= 15 is 0 Å². The number of rotatable bonds is 3. The molecule has 0 aliphatic carbocycles. The summed E-state index contributed by atoms with van der Waals surface area (Å²) >= 11 is 1.36. The van der Waals surface area contributed by atoms with Gasteiger partial charge in [0.25, 0.3) is 11.5 Å². The Hall–Kier alpha value is -2.93. The summed E-state index contributed by atoms with van der Waals surface area (Å²) in [5.74, 6) is 0.344. The highest BCUT2D eigenvalue weighted by atomic mass is 32.1. The van der Waals surface area contributed by atoms with Gasteiger partial charge in [-0.2, -0.15) is 0 Å². The number of H-pyrrole nitrogens is 1. The molecule has 0 aliphatic heterocycles. The molecule has 1 amide bonds. The van der Waals surface area contributed by atoms with Crippen molar-refractivity contribution >= 4 is 33.0 Å². The minimum atomic E-state index is -0.168. The van der Waals surface area contributed by atoms with Crippen LogP contribution in [0.15, 0.2) is 52.8 Å². The summed E-state index contributed by atoms with van der Waals surface area (Å²) < 4.78 is 2.45. The van der Waals surface area contributed by atoms with Crippen molar-refractivity contribution in [2.45, 2.75) is 6.54 Å². The van der Waals surface area contributed by atoms with Crippen molar-refractivity contribution in [3.63, 3.8) is 0 Å². The van der Waals surface area contributed by atoms with Crippen LogP contribution in [0.5, 0.6) is 0 Å². The lowest BCUT2D eigenvalue weighted by Crippen LogP contribution is -2.29. The predicted octanol–water partition coefficient (Wildman–Crippen LogP) is 2.51. The molecule has 0 atom stereocenters. The minimum Gasteiger partial charge on any atom is -0.333 e. The molecule has 4 aromatic heterocycles. The van der Waals surface area contributed by atoms with E-state index in [1.54, 1.807) is 24.1 Å². The molecule has 0 saturated carbocycles. The summed E-state index contributed by atoms with van der Waals surface area (Å²) in [6, 6.07) is 11.3. The average Bonchev–Trinajstić information content (AvgIpc) is 3.20. The molecule has 0 bridgehead atoms. The monoisotopic (exact) mass is 338 g/mol. The zero-order valence-electron chi connectivity index (χ0n) is 12.9. The van der Waals surface area contributed by atoms with Crippen LogP contribution in [0.2, 0.25) is 0 Å². The topological polar surface area (TPSA) is 70.5 Å². The van der Waals surface area contributed by atoms with E-state index in [1.165, 1.54) is 11.3 Å². The minimum absolute atomic E-state index is 0.130. The Morgan fingerprint density at radius 2 is 2.17 bits per heavy atom. The highest BCUT2D eigenvalue weighted by Crippen LogP contribution is 2.15. The van der Waals surface area contributed by atoms with Crippen molar-refractivity contribution in [3.8, 4) is 0 Å². The third kappa shape index (κ3) is 2.39. The van der Waals surface area contributed by atoms with Crippen LogP contribution in [-0.4, -0.2) is 32.2 Å². The van der Waals surface area contributed by atoms with Crippen LogP contribution in [0, 0.1) is 0 Å². The Labute approximate surface area is 141 Å². The Morgan fingerprint density at radius 1 is 1.29 bits per heavy atom. The number of nitrogens with one attached hydrogen (secondary N) is 1. The maximum Gasteiger partial charge on any atom is 0.270 e. The van der Waals surface area contributed by atoms with Crippen LogP contribution in [0.1, 0.15) is 16.3 Å². The Balaban J connectivity index is 1.64. The number of aromatic nitrogens is 3. The van der Waals surface area contributed by atoms with E-state index in [1.807, 2.05) is 40.2 Å². The molecule has 7 heteroatoms. The van der Waals surface area contributed by atoms with Gasteiger partial charge in [0.1, 0.15) is 16.2 Å². The van der Waals surface area contributed by atoms with E-state index in [2.05, 4.69) is 9.97 Å². The van der Waals surface area contributed by atoms with E-state index in [0.717, 1.165) is 5.52 Å². The predicted molar refractivity (Wildman–Crippen MR) is 93.4 cm³/mol. The van der Waals surface area contributed by atoms with Crippen LogP contribution in [-0.2, 0) is 6.54 Å².